The van der Waals surface area contributed by atoms with Gasteiger partial charge in [0, 0.05) is 28.7 Å². The molecule has 2 aromatic heterocycles. The predicted molar refractivity (Wildman–Crippen MR) is 100.0 cm³/mol. The lowest BCUT2D eigenvalue weighted by Crippen LogP contribution is -2.08. The Morgan fingerprint density at radius 2 is 1.15 bits per heavy atom. The number of carbonyl (C=O) groups is 2. The highest BCUT2D eigenvalue weighted by Crippen LogP contribution is 2.33. The van der Waals surface area contributed by atoms with Gasteiger partial charge in [0.15, 0.2) is 0 Å². The van der Waals surface area contributed by atoms with Crippen molar-refractivity contribution in [2.24, 2.45) is 0 Å². The van der Waals surface area contributed by atoms with Gasteiger partial charge in [-0.3, -0.25) is 0 Å². The number of carbonyl (C=O) groups excluding carboxylic acids is 2. The van der Waals surface area contributed by atoms with Gasteiger partial charge in [0.25, 0.3) is 0 Å². The highest BCUT2D eigenvalue weighted by Gasteiger charge is 2.27. The molecule has 6 heteroatoms. The van der Waals surface area contributed by atoms with E-state index in [-0.39, 0.29) is 17.9 Å². The molecule has 6 nitrogen and oxygen atoms in total. The average Bonchev–Trinajstić information content (AvgIpc) is 3.03. The van der Waals surface area contributed by atoms with Gasteiger partial charge in [0.05, 0.1) is 24.3 Å². The summed E-state index contributed by atoms with van der Waals surface area (Å²) >= 11 is 0. The molecule has 142 valence electrons. The molecule has 0 unspecified atom stereocenters. The minimum absolute atomic E-state index is 0.0428. The second-order valence-corrected chi connectivity index (χ2v) is 6.49. The first-order valence-corrected chi connectivity index (χ1v) is 8.96. The van der Waals surface area contributed by atoms with Crippen molar-refractivity contribution in [2.45, 2.75) is 54.4 Å². The van der Waals surface area contributed by atoms with E-state index in [9.17, 15) is 9.59 Å². The van der Waals surface area contributed by atoms with Gasteiger partial charge in [0.1, 0.15) is 0 Å². The summed E-state index contributed by atoms with van der Waals surface area (Å²) in [7, 11) is 0. The number of hydrogen-bond acceptors (Lipinski definition) is 4. The highest BCUT2D eigenvalue weighted by molar-refractivity contribution is 5.94. The molecule has 0 spiro atoms. The van der Waals surface area contributed by atoms with E-state index in [1.165, 1.54) is 0 Å². The van der Waals surface area contributed by atoms with Crippen molar-refractivity contribution < 1.29 is 19.1 Å². The van der Waals surface area contributed by atoms with Gasteiger partial charge in [-0.2, -0.15) is 0 Å². The van der Waals surface area contributed by atoms with Crippen LogP contribution >= 0.6 is 0 Å². The number of rotatable bonds is 6. The second kappa shape index (κ2) is 7.81. The topological polar surface area (TPSA) is 84.2 Å². The Bertz CT molecular complexity index is 761. The molecule has 26 heavy (non-hydrogen) atoms. The van der Waals surface area contributed by atoms with Crippen molar-refractivity contribution in [1.29, 1.82) is 0 Å². The SMILES string of the molecule is CCOC(=O)c1c(C)[nH]c(C(C)c2[nH]c(C)c(C(=O)OCC)c2C)c1C. The molecule has 0 fully saturated rings. The van der Waals surface area contributed by atoms with Crippen LogP contribution in [0.25, 0.3) is 0 Å². The third kappa shape index (κ3) is 3.41. The molecule has 2 N–H and O–H groups in total. The van der Waals surface area contributed by atoms with E-state index in [1.54, 1.807) is 13.8 Å². The Hall–Kier alpha value is -2.50. The lowest BCUT2D eigenvalue weighted by molar-refractivity contribution is 0.0515. The number of esters is 2. The van der Waals surface area contributed by atoms with Crippen LogP contribution in [0.15, 0.2) is 0 Å². The number of nitrogens with one attached hydrogen (secondary N) is 2. The number of H-pyrrole nitrogens is 2. The molecule has 0 aliphatic heterocycles. The van der Waals surface area contributed by atoms with Crippen LogP contribution in [0.2, 0.25) is 0 Å². The molecule has 2 heterocycles. The standard InChI is InChI=1S/C20H28N2O4/c1-8-25-19(23)15-10(3)17(21-13(15)6)12(5)18-11(4)16(14(7)22-18)20(24)26-9-2/h12,21-22H,8-9H2,1-7H3. The third-order valence-electron chi connectivity index (χ3n) is 4.78. The molecule has 0 aromatic carbocycles. The summed E-state index contributed by atoms with van der Waals surface area (Å²) in [5.41, 5.74) is 6.36. The fraction of sp³-hybridized carbons (Fsp3) is 0.500. The van der Waals surface area contributed by atoms with E-state index in [4.69, 9.17) is 9.47 Å². The minimum atomic E-state index is -0.316. The summed E-state index contributed by atoms with van der Waals surface area (Å²) in [6, 6.07) is 0. The van der Waals surface area contributed by atoms with Crippen LogP contribution < -0.4 is 0 Å². The summed E-state index contributed by atoms with van der Waals surface area (Å²) in [4.78, 5) is 31.1. The van der Waals surface area contributed by atoms with Crippen molar-refractivity contribution in [1.82, 2.24) is 9.97 Å². The molecule has 2 aromatic rings. The van der Waals surface area contributed by atoms with Crippen LogP contribution in [0.4, 0.5) is 0 Å². The maximum atomic E-state index is 12.2. The normalized spacial score (nSPS) is 11.1. The first-order chi connectivity index (χ1) is 12.2. The Labute approximate surface area is 154 Å². The maximum Gasteiger partial charge on any atom is 0.340 e. The molecule has 0 bridgehead atoms. The van der Waals surface area contributed by atoms with Crippen molar-refractivity contribution in [2.75, 3.05) is 13.2 Å². The predicted octanol–water partition coefficient (Wildman–Crippen LogP) is 4.08. The lowest BCUT2D eigenvalue weighted by Gasteiger charge is -2.12. The molecule has 0 aliphatic rings. The fourth-order valence-corrected chi connectivity index (χ4v) is 3.58. The zero-order chi connectivity index (χ0) is 19.6. The smallest absolute Gasteiger partial charge is 0.340 e. The van der Waals surface area contributed by atoms with E-state index in [0.29, 0.717) is 24.3 Å². The zero-order valence-electron chi connectivity index (χ0n) is 16.6. The molecule has 0 aliphatic carbocycles. The minimum Gasteiger partial charge on any atom is -0.462 e. The average molecular weight is 360 g/mol. The van der Waals surface area contributed by atoms with Crippen molar-refractivity contribution in [3.05, 3.63) is 45.0 Å². The Balaban J connectivity index is 2.46. The maximum absolute atomic E-state index is 12.2. The number of ether oxygens (including phenoxy) is 2. The Morgan fingerprint density at radius 1 is 0.808 bits per heavy atom. The van der Waals surface area contributed by atoms with E-state index in [0.717, 1.165) is 33.9 Å². The van der Waals surface area contributed by atoms with Gasteiger partial charge in [-0.15, -0.1) is 0 Å². The van der Waals surface area contributed by atoms with Crippen LogP contribution in [0, 0.1) is 27.7 Å². The van der Waals surface area contributed by atoms with E-state index < -0.39 is 0 Å². The highest BCUT2D eigenvalue weighted by atomic mass is 16.5. The fourth-order valence-electron chi connectivity index (χ4n) is 3.58. The summed E-state index contributed by atoms with van der Waals surface area (Å²) in [6.45, 7) is 13.9. The number of aromatic nitrogens is 2. The van der Waals surface area contributed by atoms with Crippen LogP contribution in [0.5, 0.6) is 0 Å². The van der Waals surface area contributed by atoms with E-state index >= 15 is 0 Å². The van der Waals surface area contributed by atoms with Gasteiger partial charge in [-0.1, -0.05) is 6.92 Å². The zero-order valence-corrected chi connectivity index (χ0v) is 16.6. The van der Waals surface area contributed by atoms with Gasteiger partial charge in [0.2, 0.25) is 0 Å². The first-order valence-electron chi connectivity index (χ1n) is 8.96. The van der Waals surface area contributed by atoms with Crippen LogP contribution in [-0.4, -0.2) is 35.1 Å². The number of aromatic amines is 2. The summed E-state index contributed by atoms with van der Waals surface area (Å²) in [6.07, 6.45) is 0. The van der Waals surface area contributed by atoms with E-state index in [2.05, 4.69) is 9.97 Å². The van der Waals surface area contributed by atoms with Gasteiger partial charge in [-0.05, 0) is 52.7 Å². The molecule has 0 amide bonds. The van der Waals surface area contributed by atoms with Gasteiger partial charge in [-0.25, -0.2) is 9.59 Å². The van der Waals surface area contributed by atoms with Crippen molar-refractivity contribution in [3.8, 4) is 0 Å². The van der Waals surface area contributed by atoms with Crippen molar-refractivity contribution in [3.63, 3.8) is 0 Å². The quantitative estimate of drug-likeness (QED) is 0.760. The Morgan fingerprint density at radius 3 is 1.46 bits per heavy atom. The number of aryl methyl sites for hydroxylation is 2. The summed E-state index contributed by atoms with van der Waals surface area (Å²) in [5.74, 6) is -0.675. The van der Waals surface area contributed by atoms with Gasteiger partial charge >= 0.3 is 11.9 Å². The van der Waals surface area contributed by atoms with Crippen LogP contribution in [0.3, 0.4) is 0 Å². The molecular weight excluding hydrogens is 332 g/mol. The first kappa shape index (κ1) is 19.8. The summed E-state index contributed by atoms with van der Waals surface area (Å²) in [5, 5.41) is 0. The molecule has 0 saturated heterocycles. The second-order valence-electron chi connectivity index (χ2n) is 6.49. The third-order valence-corrected chi connectivity index (χ3v) is 4.78. The molecular formula is C20H28N2O4. The molecule has 2 rings (SSSR count). The van der Waals surface area contributed by atoms with Crippen molar-refractivity contribution >= 4 is 11.9 Å². The molecule has 0 atom stereocenters. The number of hydrogen-bond donors (Lipinski definition) is 2. The molecule has 0 saturated carbocycles. The molecule has 0 radical (unpaired) electrons. The lowest BCUT2D eigenvalue weighted by atomic mass is 9.95. The summed E-state index contributed by atoms with van der Waals surface area (Å²) < 4.78 is 10.3. The largest absolute Gasteiger partial charge is 0.462 e. The monoisotopic (exact) mass is 360 g/mol. The van der Waals surface area contributed by atoms with E-state index in [1.807, 2.05) is 34.6 Å². The van der Waals surface area contributed by atoms with Crippen LogP contribution in [-0.2, 0) is 9.47 Å². The van der Waals surface area contributed by atoms with Gasteiger partial charge < -0.3 is 19.4 Å². The Kier molecular flexibility index (Phi) is 5.95. The van der Waals surface area contributed by atoms with Crippen LogP contribution in [0.1, 0.15) is 81.3 Å².